The second kappa shape index (κ2) is 5.58. The Morgan fingerprint density at radius 1 is 1.42 bits per heavy atom. The van der Waals surface area contributed by atoms with Gasteiger partial charge in [-0.25, -0.2) is 0 Å². The highest BCUT2D eigenvalue weighted by Crippen LogP contribution is 2.27. The van der Waals surface area contributed by atoms with E-state index in [1.54, 1.807) is 18.2 Å². The first-order valence-electron chi connectivity index (χ1n) is 5.42. The average Bonchev–Trinajstić information content (AvgIpc) is 2.88. The van der Waals surface area contributed by atoms with E-state index in [0.29, 0.717) is 34.0 Å². The zero-order chi connectivity index (χ0) is 13.8. The van der Waals surface area contributed by atoms with Gasteiger partial charge in [0, 0.05) is 17.4 Å². The fourth-order valence-electron chi connectivity index (χ4n) is 1.55. The van der Waals surface area contributed by atoms with Gasteiger partial charge in [0.15, 0.2) is 6.29 Å². The Kier molecular flexibility index (Phi) is 3.87. The maximum absolute atomic E-state index is 11.9. The SMILES string of the molecule is COc1ccc(NC(=O)c2cc(C=O)c[nH]2)cc1Cl. The summed E-state index contributed by atoms with van der Waals surface area (Å²) in [6.07, 6.45) is 2.13. The molecule has 0 spiro atoms. The summed E-state index contributed by atoms with van der Waals surface area (Å²) in [4.78, 5) is 25.1. The van der Waals surface area contributed by atoms with Crippen molar-refractivity contribution in [2.45, 2.75) is 0 Å². The van der Waals surface area contributed by atoms with E-state index in [9.17, 15) is 9.59 Å². The average molecular weight is 279 g/mol. The van der Waals surface area contributed by atoms with Gasteiger partial charge in [0.2, 0.25) is 0 Å². The van der Waals surface area contributed by atoms with E-state index in [-0.39, 0.29) is 5.91 Å². The minimum Gasteiger partial charge on any atom is -0.495 e. The standard InChI is InChI=1S/C13H11ClN2O3/c1-19-12-3-2-9(5-10(12)14)16-13(18)11-4-8(7-17)6-15-11/h2-7,15H,1H3,(H,16,18). The summed E-state index contributed by atoms with van der Waals surface area (Å²) < 4.78 is 5.02. The van der Waals surface area contributed by atoms with Crippen LogP contribution in [0.3, 0.4) is 0 Å². The molecule has 0 atom stereocenters. The summed E-state index contributed by atoms with van der Waals surface area (Å²) in [6.45, 7) is 0. The fraction of sp³-hybridized carbons (Fsp3) is 0.0769. The number of benzene rings is 1. The molecule has 6 heteroatoms. The topological polar surface area (TPSA) is 71.2 Å². The molecule has 0 aliphatic heterocycles. The molecular weight excluding hydrogens is 268 g/mol. The zero-order valence-corrected chi connectivity index (χ0v) is 10.8. The van der Waals surface area contributed by atoms with Crippen LogP contribution in [-0.2, 0) is 0 Å². The molecule has 1 aromatic heterocycles. The van der Waals surface area contributed by atoms with E-state index in [1.807, 2.05) is 0 Å². The van der Waals surface area contributed by atoms with Crippen LogP contribution in [0.25, 0.3) is 0 Å². The van der Waals surface area contributed by atoms with Gasteiger partial charge in [0.05, 0.1) is 12.1 Å². The summed E-state index contributed by atoms with van der Waals surface area (Å²) in [5.74, 6) is 0.178. The van der Waals surface area contributed by atoms with Gasteiger partial charge in [-0.3, -0.25) is 9.59 Å². The fourth-order valence-corrected chi connectivity index (χ4v) is 1.81. The Balaban J connectivity index is 2.14. The highest BCUT2D eigenvalue weighted by Gasteiger charge is 2.10. The van der Waals surface area contributed by atoms with Gasteiger partial charge in [0.1, 0.15) is 11.4 Å². The van der Waals surface area contributed by atoms with Crippen molar-refractivity contribution in [2.24, 2.45) is 0 Å². The summed E-state index contributed by atoms with van der Waals surface area (Å²) in [5, 5.41) is 3.06. The first kappa shape index (κ1) is 13.2. The van der Waals surface area contributed by atoms with Crippen molar-refractivity contribution >= 4 is 29.5 Å². The Bertz CT molecular complexity index is 622. The molecule has 98 valence electrons. The number of aldehydes is 1. The Labute approximate surface area is 114 Å². The van der Waals surface area contributed by atoms with Crippen molar-refractivity contribution in [2.75, 3.05) is 12.4 Å². The number of nitrogens with one attached hydrogen (secondary N) is 2. The molecule has 1 heterocycles. The monoisotopic (exact) mass is 278 g/mol. The lowest BCUT2D eigenvalue weighted by Crippen LogP contribution is -2.12. The third-order valence-electron chi connectivity index (χ3n) is 2.50. The maximum atomic E-state index is 11.9. The number of hydrogen-bond donors (Lipinski definition) is 2. The lowest BCUT2D eigenvalue weighted by Gasteiger charge is -2.07. The van der Waals surface area contributed by atoms with Crippen molar-refractivity contribution < 1.29 is 14.3 Å². The Morgan fingerprint density at radius 3 is 2.79 bits per heavy atom. The number of aromatic nitrogens is 1. The van der Waals surface area contributed by atoms with Gasteiger partial charge in [0.25, 0.3) is 5.91 Å². The van der Waals surface area contributed by atoms with E-state index in [1.165, 1.54) is 19.4 Å². The number of anilines is 1. The van der Waals surface area contributed by atoms with Crippen molar-refractivity contribution in [1.82, 2.24) is 4.98 Å². The number of rotatable bonds is 4. The smallest absolute Gasteiger partial charge is 0.272 e. The number of methoxy groups -OCH3 is 1. The van der Waals surface area contributed by atoms with E-state index < -0.39 is 0 Å². The van der Waals surface area contributed by atoms with Gasteiger partial charge < -0.3 is 15.0 Å². The van der Waals surface area contributed by atoms with Crippen molar-refractivity contribution in [1.29, 1.82) is 0 Å². The van der Waals surface area contributed by atoms with Crippen LogP contribution in [-0.4, -0.2) is 24.3 Å². The molecule has 19 heavy (non-hydrogen) atoms. The Hall–Kier alpha value is -2.27. The number of amides is 1. The second-order valence-electron chi connectivity index (χ2n) is 3.77. The number of aromatic amines is 1. The summed E-state index contributed by atoms with van der Waals surface area (Å²) in [5.41, 5.74) is 1.25. The molecule has 0 saturated carbocycles. The molecule has 0 saturated heterocycles. The number of hydrogen-bond acceptors (Lipinski definition) is 3. The van der Waals surface area contributed by atoms with Gasteiger partial charge in [-0.1, -0.05) is 11.6 Å². The van der Waals surface area contributed by atoms with Gasteiger partial charge in [-0.15, -0.1) is 0 Å². The highest BCUT2D eigenvalue weighted by molar-refractivity contribution is 6.32. The van der Waals surface area contributed by atoms with Crippen molar-refractivity contribution in [3.05, 3.63) is 46.7 Å². The molecule has 0 aliphatic rings. The molecule has 2 aromatic rings. The molecule has 1 amide bonds. The van der Waals surface area contributed by atoms with Gasteiger partial charge in [-0.2, -0.15) is 0 Å². The number of carbonyl (C=O) groups excluding carboxylic acids is 2. The molecule has 0 bridgehead atoms. The maximum Gasteiger partial charge on any atom is 0.272 e. The normalized spacial score (nSPS) is 10.0. The number of carbonyl (C=O) groups is 2. The minimum atomic E-state index is -0.352. The summed E-state index contributed by atoms with van der Waals surface area (Å²) >= 11 is 5.96. The van der Waals surface area contributed by atoms with Gasteiger partial charge in [-0.05, 0) is 24.3 Å². The molecule has 1 aromatic carbocycles. The van der Waals surface area contributed by atoms with Crippen molar-refractivity contribution in [3.63, 3.8) is 0 Å². The van der Waals surface area contributed by atoms with Crippen LogP contribution in [0.4, 0.5) is 5.69 Å². The van der Waals surface area contributed by atoms with Crippen LogP contribution < -0.4 is 10.1 Å². The number of ether oxygens (including phenoxy) is 1. The van der Waals surface area contributed by atoms with E-state index in [2.05, 4.69) is 10.3 Å². The van der Waals surface area contributed by atoms with Crippen LogP contribution in [0.15, 0.2) is 30.5 Å². The minimum absolute atomic E-state index is 0.300. The lowest BCUT2D eigenvalue weighted by atomic mass is 10.2. The third-order valence-corrected chi connectivity index (χ3v) is 2.79. The highest BCUT2D eigenvalue weighted by atomic mass is 35.5. The van der Waals surface area contributed by atoms with Crippen LogP contribution in [0.5, 0.6) is 5.75 Å². The molecule has 2 rings (SSSR count). The molecule has 0 fully saturated rings. The van der Waals surface area contributed by atoms with E-state index in [0.717, 1.165) is 0 Å². The predicted molar refractivity (Wildman–Crippen MR) is 72.1 cm³/mol. The Morgan fingerprint density at radius 2 is 2.21 bits per heavy atom. The predicted octanol–water partition coefficient (Wildman–Crippen LogP) is 2.74. The lowest BCUT2D eigenvalue weighted by molar-refractivity contribution is 0.102. The number of H-pyrrole nitrogens is 1. The van der Waals surface area contributed by atoms with E-state index >= 15 is 0 Å². The largest absolute Gasteiger partial charge is 0.495 e. The first-order valence-corrected chi connectivity index (χ1v) is 5.80. The van der Waals surface area contributed by atoms with Crippen LogP contribution >= 0.6 is 11.6 Å². The quantitative estimate of drug-likeness (QED) is 0.845. The molecule has 0 aliphatic carbocycles. The second-order valence-corrected chi connectivity index (χ2v) is 4.18. The number of halogens is 1. The van der Waals surface area contributed by atoms with Crippen LogP contribution in [0.2, 0.25) is 5.02 Å². The molecule has 5 nitrogen and oxygen atoms in total. The van der Waals surface area contributed by atoms with E-state index in [4.69, 9.17) is 16.3 Å². The molecule has 0 unspecified atom stereocenters. The van der Waals surface area contributed by atoms with Crippen molar-refractivity contribution in [3.8, 4) is 5.75 Å². The molecule has 0 radical (unpaired) electrons. The summed E-state index contributed by atoms with van der Waals surface area (Å²) in [6, 6.07) is 6.38. The zero-order valence-electron chi connectivity index (χ0n) is 10.1. The summed E-state index contributed by atoms with van der Waals surface area (Å²) in [7, 11) is 1.51. The van der Waals surface area contributed by atoms with Gasteiger partial charge >= 0.3 is 0 Å². The molecule has 2 N–H and O–H groups in total. The molecular formula is C13H11ClN2O3. The van der Waals surface area contributed by atoms with Crippen LogP contribution in [0, 0.1) is 0 Å². The first-order chi connectivity index (χ1) is 9.13. The third kappa shape index (κ3) is 2.95. The van der Waals surface area contributed by atoms with Crippen LogP contribution in [0.1, 0.15) is 20.8 Å².